The molecule has 1 aliphatic heterocycles. The molecule has 1 atom stereocenters. The zero-order valence-electron chi connectivity index (χ0n) is 7.79. The summed E-state index contributed by atoms with van der Waals surface area (Å²) in [4.78, 5) is 4.28. The lowest BCUT2D eigenvalue weighted by molar-refractivity contribution is 0.195. The molecule has 1 aromatic rings. The number of aryl methyl sites for hydroxylation is 1. The maximum Gasteiger partial charge on any atom is 0.129 e. The number of ether oxygens (including phenoxy) is 1. The number of anilines is 1. The number of hydrogen-bond acceptors (Lipinski definition) is 3. The molecule has 1 saturated heterocycles. The second-order valence-electron chi connectivity index (χ2n) is 3.37. The molecule has 0 spiro atoms. The third kappa shape index (κ3) is 1.98. The van der Waals surface area contributed by atoms with Gasteiger partial charge >= 0.3 is 0 Å². The van der Waals surface area contributed by atoms with Gasteiger partial charge in [-0.15, -0.1) is 0 Å². The van der Waals surface area contributed by atoms with E-state index in [1.165, 1.54) is 5.56 Å². The molecule has 0 aliphatic carbocycles. The molecule has 1 aromatic heterocycles. The van der Waals surface area contributed by atoms with E-state index in [9.17, 15) is 0 Å². The summed E-state index contributed by atoms with van der Waals surface area (Å²) in [6.07, 6.45) is 2.89. The maximum absolute atomic E-state index is 5.28. The first kappa shape index (κ1) is 8.51. The zero-order chi connectivity index (χ0) is 9.10. The Balaban J connectivity index is 2.04. The number of hydrogen-bond donors (Lipinski definition) is 1. The fraction of sp³-hybridized carbons (Fsp3) is 0.500. The van der Waals surface area contributed by atoms with E-state index in [2.05, 4.69) is 23.3 Å². The molecule has 3 heteroatoms. The minimum absolute atomic E-state index is 0.439. The summed E-state index contributed by atoms with van der Waals surface area (Å²) < 4.78 is 5.28. The van der Waals surface area contributed by atoms with Crippen molar-refractivity contribution in [2.75, 3.05) is 18.5 Å². The molecular formula is C10H14N2O. The van der Waals surface area contributed by atoms with Crippen LogP contribution in [0.2, 0.25) is 0 Å². The number of rotatable bonds is 2. The second kappa shape index (κ2) is 3.75. The monoisotopic (exact) mass is 178 g/mol. The van der Waals surface area contributed by atoms with Crippen molar-refractivity contribution in [1.82, 2.24) is 4.98 Å². The number of aromatic nitrogens is 1. The van der Waals surface area contributed by atoms with Crippen molar-refractivity contribution in [2.45, 2.75) is 19.4 Å². The second-order valence-corrected chi connectivity index (χ2v) is 3.37. The van der Waals surface area contributed by atoms with E-state index in [1.54, 1.807) is 0 Å². The first-order chi connectivity index (χ1) is 6.36. The number of nitrogens with one attached hydrogen (secondary N) is 1. The quantitative estimate of drug-likeness (QED) is 0.746. The zero-order valence-corrected chi connectivity index (χ0v) is 7.79. The Hall–Kier alpha value is -1.09. The smallest absolute Gasteiger partial charge is 0.129 e. The van der Waals surface area contributed by atoms with Gasteiger partial charge < -0.3 is 10.1 Å². The standard InChI is InChI=1S/C10H14N2O/c1-8-3-2-5-11-10(8)12-9-4-6-13-7-9/h2-3,5,9H,4,6-7H2,1H3,(H,11,12). The van der Waals surface area contributed by atoms with Crippen LogP contribution in [0.4, 0.5) is 5.82 Å². The molecule has 1 N–H and O–H groups in total. The van der Waals surface area contributed by atoms with Gasteiger partial charge in [0.15, 0.2) is 0 Å². The van der Waals surface area contributed by atoms with Gasteiger partial charge in [-0.05, 0) is 25.0 Å². The molecule has 1 fully saturated rings. The average molecular weight is 178 g/mol. The van der Waals surface area contributed by atoms with Crippen LogP contribution < -0.4 is 5.32 Å². The predicted molar refractivity (Wildman–Crippen MR) is 51.8 cm³/mol. The molecule has 3 nitrogen and oxygen atoms in total. The molecule has 1 unspecified atom stereocenters. The third-order valence-electron chi connectivity index (χ3n) is 2.28. The van der Waals surface area contributed by atoms with Crippen molar-refractivity contribution in [1.29, 1.82) is 0 Å². The fourth-order valence-corrected chi connectivity index (χ4v) is 1.48. The first-order valence-corrected chi connectivity index (χ1v) is 4.62. The van der Waals surface area contributed by atoms with E-state index in [0.717, 1.165) is 25.5 Å². The number of pyridine rings is 1. The van der Waals surface area contributed by atoms with Crippen LogP contribution in [0.3, 0.4) is 0 Å². The highest BCUT2D eigenvalue weighted by Gasteiger charge is 2.15. The van der Waals surface area contributed by atoms with Gasteiger partial charge in [-0.2, -0.15) is 0 Å². The molecule has 0 bridgehead atoms. The van der Waals surface area contributed by atoms with Gasteiger partial charge in [-0.3, -0.25) is 0 Å². The van der Waals surface area contributed by atoms with E-state index >= 15 is 0 Å². The lowest BCUT2D eigenvalue weighted by Crippen LogP contribution is -2.20. The Labute approximate surface area is 78.1 Å². The summed E-state index contributed by atoms with van der Waals surface area (Å²) in [5, 5.41) is 3.37. The summed E-state index contributed by atoms with van der Waals surface area (Å²) in [5.74, 6) is 0.984. The molecule has 13 heavy (non-hydrogen) atoms. The van der Waals surface area contributed by atoms with Crippen LogP contribution in [0.5, 0.6) is 0 Å². The Morgan fingerprint density at radius 1 is 1.62 bits per heavy atom. The van der Waals surface area contributed by atoms with Gasteiger partial charge in [0.25, 0.3) is 0 Å². The SMILES string of the molecule is Cc1cccnc1NC1CCOC1. The van der Waals surface area contributed by atoms with E-state index in [-0.39, 0.29) is 0 Å². The predicted octanol–water partition coefficient (Wildman–Crippen LogP) is 1.59. The summed E-state index contributed by atoms with van der Waals surface area (Å²) in [7, 11) is 0. The first-order valence-electron chi connectivity index (χ1n) is 4.62. The van der Waals surface area contributed by atoms with Crippen LogP contribution in [-0.2, 0) is 4.74 Å². The molecule has 1 aliphatic rings. The van der Waals surface area contributed by atoms with Gasteiger partial charge in [-0.25, -0.2) is 4.98 Å². The van der Waals surface area contributed by atoms with Crippen LogP contribution in [0.1, 0.15) is 12.0 Å². The lowest BCUT2D eigenvalue weighted by atomic mass is 10.2. The highest BCUT2D eigenvalue weighted by molar-refractivity contribution is 5.43. The molecule has 0 amide bonds. The molecule has 2 rings (SSSR count). The topological polar surface area (TPSA) is 34.2 Å². The highest BCUT2D eigenvalue weighted by atomic mass is 16.5. The normalized spacial score (nSPS) is 21.8. The Morgan fingerprint density at radius 3 is 3.23 bits per heavy atom. The molecule has 0 aromatic carbocycles. The largest absolute Gasteiger partial charge is 0.379 e. The third-order valence-corrected chi connectivity index (χ3v) is 2.28. The fourth-order valence-electron chi connectivity index (χ4n) is 1.48. The maximum atomic E-state index is 5.28. The van der Waals surface area contributed by atoms with E-state index in [0.29, 0.717) is 6.04 Å². The van der Waals surface area contributed by atoms with E-state index in [4.69, 9.17) is 4.74 Å². The Kier molecular flexibility index (Phi) is 2.45. The van der Waals surface area contributed by atoms with Gasteiger partial charge in [0, 0.05) is 12.8 Å². The molecule has 0 radical (unpaired) electrons. The van der Waals surface area contributed by atoms with E-state index < -0.39 is 0 Å². The lowest BCUT2D eigenvalue weighted by Gasteiger charge is -2.12. The Morgan fingerprint density at radius 2 is 2.54 bits per heavy atom. The summed E-state index contributed by atoms with van der Waals surface area (Å²) in [6.45, 7) is 3.73. The Bertz CT molecular complexity index is 282. The highest BCUT2D eigenvalue weighted by Crippen LogP contribution is 2.14. The average Bonchev–Trinajstić information content (AvgIpc) is 2.61. The van der Waals surface area contributed by atoms with Crippen molar-refractivity contribution in [3.63, 3.8) is 0 Å². The van der Waals surface area contributed by atoms with Crippen molar-refractivity contribution < 1.29 is 4.74 Å². The van der Waals surface area contributed by atoms with Gasteiger partial charge in [0.05, 0.1) is 12.6 Å². The van der Waals surface area contributed by atoms with Gasteiger partial charge in [-0.1, -0.05) is 6.07 Å². The summed E-state index contributed by atoms with van der Waals surface area (Å²) in [6, 6.07) is 4.45. The van der Waals surface area contributed by atoms with Crippen LogP contribution in [0.25, 0.3) is 0 Å². The van der Waals surface area contributed by atoms with Crippen LogP contribution in [0, 0.1) is 6.92 Å². The number of nitrogens with zero attached hydrogens (tertiary/aromatic N) is 1. The van der Waals surface area contributed by atoms with Crippen LogP contribution in [-0.4, -0.2) is 24.2 Å². The van der Waals surface area contributed by atoms with Crippen LogP contribution >= 0.6 is 0 Å². The minimum Gasteiger partial charge on any atom is -0.379 e. The van der Waals surface area contributed by atoms with E-state index in [1.807, 2.05) is 12.3 Å². The molecule has 70 valence electrons. The summed E-state index contributed by atoms with van der Waals surface area (Å²) in [5.41, 5.74) is 1.19. The molecule has 0 saturated carbocycles. The van der Waals surface area contributed by atoms with Gasteiger partial charge in [0.1, 0.15) is 5.82 Å². The van der Waals surface area contributed by atoms with Crippen molar-refractivity contribution >= 4 is 5.82 Å². The summed E-state index contributed by atoms with van der Waals surface area (Å²) >= 11 is 0. The molecule has 2 heterocycles. The molecular weight excluding hydrogens is 164 g/mol. The van der Waals surface area contributed by atoms with Crippen LogP contribution in [0.15, 0.2) is 18.3 Å². The van der Waals surface area contributed by atoms with Crippen molar-refractivity contribution in [2.24, 2.45) is 0 Å². The van der Waals surface area contributed by atoms with Crippen molar-refractivity contribution in [3.8, 4) is 0 Å². The minimum atomic E-state index is 0.439. The van der Waals surface area contributed by atoms with Crippen molar-refractivity contribution in [3.05, 3.63) is 23.9 Å². The van der Waals surface area contributed by atoms with Gasteiger partial charge in [0.2, 0.25) is 0 Å².